The van der Waals surface area contributed by atoms with Crippen LogP contribution in [-0.2, 0) is 24.7 Å². The summed E-state index contributed by atoms with van der Waals surface area (Å²) in [5.41, 5.74) is 2.21. The minimum Gasteiger partial charge on any atom is -1.00 e. The zero-order chi connectivity index (χ0) is 38.6. The zero-order valence-corrected chi connectivity index (χ0v) is 32.9. The Labute approximate surface area is 322 Å². The van der Waals surface area contributed by atoms with Gasteiger partial charge in [-0.15, -0.1) is 11.3 Å². The molecule has 2 bridgehead atoms. The lowest BCUT2D eigenvalue weighted by Gasteiger charge is -2.55. The van der Waals surface area contributed by atoms with Crippen LogP contribution in [0.4, 0.5) is 17.6 Å². The van der Waals surface area contributed by atoms with Crippen LogP contribution in [0.1, 0.15) is 23.3 Å². The molecule has 292 valence electrons. The molecule has 6 rings (SSSR count). The molecule has 0 saturated carbocycles. The van der Waals surface area contributed by atoms with E-state index in [0.717, 1.165) is 97.3 Å². The molecule has 3 fully saturated rings. The number of fused-ring (bicyclic) bond motifs is 4. The molecule has 3 aliphatic heterocycles. The number of ether oxygens (including phenoxy) is 1. The van der Waals surface area contributed by atoms with Gasteiger partial charge in [-0.1, -0.05) is 11.2 Å². The molecule has 25 heteroatoms. The molecule has 1 atom stereocenters. The second kappa shape index (κ2) is 17.4. The number of quaternary nitrogens is 2. The number of hydrogen-bond donors (Lipinski definition) is 3. The summed E-state index contributed by atoms with van der Waals surface area (Å²) >= 11 is 0.928. The first-order valence-corrected chi connectivity index (χ1v) is 20.7. The molecule has 3 aliphatic rings. The van der Waals surface area contributed by atoms with E-state index in [1.165, 1.54) is 6.07 Å². The number of halogens is 5. The van der Waals surface area contributed by atoms with Crippen molar-refractivity contribution in [3.8, 4) is 11.8 Å². The summed E-state index contributed by atoms with van der Waals surface area (Å²) in [6, 6.07) is 11.1. The van der Waals surface area contributed by atoms with E-state index in [0.29, 0.717) is 29.0 Å². The van der Waals surface area contributed by atoms with Crippen LogP contribution in [0, 0.1) is 17.1 Å². The smallest absolute Gasteiger partial charge is 0.485 e. The van der Waals surface area contributed by atoms with Crippen LogP contribution in [0.2, 0.25) is 0 Å². The Morgan fingerprint density at radius 2 is 1.64 bits per heavy atom. The first-order chi connectivity index (χ1) is 24.1. The van der Waals surface area contributed by atoms with Crippen molar-refractivity contribution in [3.05, 3.63) is 69.9 Å². The highest BCUT2D eigenvalue weighted by Gasteiger charge is 2.48. The van der Waals surface area contributed by atoms with Crippen molar-refractivity contribution in [1.29, 1.82) is 5.26 Å². The molecule has 0 radical (unpaired) electrons. The van der Waals surface area contributed by atoms with E-state index in [1.54, 1.807) is 24.3 Å². The average molecular weight is 942 g/mol. The molecule has 3 N–H and O–H groups in total. The van der Waals surface area contributed by atoms with E-state index >= 15 is 0 Å². The van der Waals surface area contributed by atoms with Crippen LogP contribution in [0.25, 0.3) is 20.5 Å². The van der Waals surface area contributed by atoms with Crippen LogP contribution in [-0.4, -0.2) is 111 Å². The number of alkyl halides is 3. The first kappa shape index (κ1) is 44.7. The SMILES string of the molecule is N#Cc1ccc(C(NS(=O)(=O)c2cc3cc(OCC[N+]45CC[N+](CCCN=[N+]=[N-])(CC4)CC5)ccc3s2)P(=O)(O)O)cc1F.O=S(=O)([O-])C(F)(F)F.[I-]. The van der Waals surface area contributed by atoms with Gasteiger partial charge in [-0.05, 0) is 52.9 Å². The average Bonchev–Trinajstić information content (AvgIpc) is 3.50. The van der Waals surface area contributed by atoms with Crippen molar-refractivity contribution in [1.82, 2.24) is 4.72 Å². The summed E-state index contributed by atoms with van der Waals surface area (Å²) in [7, 11) is -15.6. The fraction of sp³-hybridized carbons (Fsp3) is 0.464. The molecule has 3 aromatic rings. The molecule has 53 heavy (non-hydrogen) atoms. The molecule has 0 amide bonds. The number of sulfonamides is 1. The third kappa shape index (κ3) is 11.4. The van der Waals surface area contributed by atoms with E-state index < -0.39 is 44.8 Å². The number of benzene rings is 2. The Kier molecular flexibility index (Phi) is 14.7. The first-order valence-electron chi connectivity index (χ1n) is 15.3. The van der Waals surface area contributed by atoms with Crippen molar-refractivity contribution < 1.29 is 91.0 Å². The van der Waals surface area contributed by atoms with Crippen LogP contribution in [0.3, 0.4) is 0 Å². The molecular weight excluding hydrogens is 908 g/mol. The van der Waals surface area contributed by atoms with Gasteiger partial charge in [-0.25, -0.2) is 21.2 Å². The van der Waals surface area contributed by atoms with Crippen LogP contribution in [0.5, 0.6) is 5.75 Å². The van der Waals surface area contributed by atoms with Crippen molar-refractivity contribution in [2.24, 2.45) is 5.11 Å². The number of nitrogens with zero attached hydrogens (tertiary/aromatic N) is 6. The molecule has 3 saturated heterocycles. The number of piperazine rings is 3. The number of azide groups is 1. The predicted molar refractivity (Wildman–Crippen MR) is 177 cm³/mol. The number of nitriles is 1. The van der Waals surface area contributed by atoms with Crippen molar-refractivity contribution in [2.45, 2.75) is 21.9 Å². The maximum Gasteiger partial charge on any atom is 0.485 e. The Morgan fingerprint density at radius 1 is 1.06 bits per heavy atom. The molecule has 1 aromatic heterocycles. The molecule has 16 nitrogen and oxygen atoms in total. The Hall–Kier alpha value is -2.66. The fourth-order valence-electron chi connectivity index (χ4n) is 6.04. The highest BCUT2D eigenvalue weighted by molar-refractivity contribution is 7.92. The highest BCUT2D eigenvalue weighted by atomic mass is 127. The summed E-state index contributed by atoms with van der Waals surface area (Å²) in [6.07, 6.45) is 0.901. The molecule has 4 heterocycles. The third-order valence-corrected chi connectivity index (χ3v) is 13.8. The number of nitrogens with one attached hydrogen (secondary N) is 1. The Balaban J connectivity index is 0.000000755. The second-order valence-corrected chi connectivity index (χ2v) is 18.3. The zero-order valence-electron chi connectivity index (χ0n) is 27.4. The fourth-order valence-corrected chi connectivity index (χ4v) is 10.0. The quantitative estimate of drug-likeness (QED) is 0.0209. The van der Waals surface area contributed by atoms with Gasteiger partial charge in [-0.3, -0.25) is 4.57 Å². The van der Waals surface area contributed by atoms with Crippen LogP contribution >= 0.6 is 18.9 Å². The van der Waals surface area contributed by atoms with Crippen molar-refractivity contribution in [3.63, 3.8) is 0 Å². The minimum absolute atomic E-state index is 0. The lowest BCUT2D eigenvalue weighted by atomic mass is 10.1. The maximum absolute atomic E-state index is 14.2. The van der Waals surface area contributed by atoms with Crippen LogP contribution < -0.4 is 33.4 Å². The molecule has 0 aliphatic carbocycles. The topological polar surface area (TPSA) is 243 Å². The number of thiophene rings is 1. The van der Waals surface area contributed by atoms with E-state index in [9.17, 15) is 40.3 Å². The Bertz CT molecular complexity index is 2140. The summed E-state index contributed by atoms with van der Waals surface area (Å²) < 4.78 is 122. The van der Waals surface area contributed by atoms with Gasteiger partial charge in [-0.2, -0.15) is 23.2 Å². The van der Waals surface area contributed by atoms with Gasteiger partial charge in [0.2, 0.25) is 0 Å². The predicted octanol–water partition coefficient (Wildman–Crippen LogP) is 0.862. The molecule has 0 spiro atoms. The minimum atomic E-state index is -6.09. The van der Waals surface area contributed by atoms with Gasteiger partial charge in [0.05, 0.1) is 12.1 Å². The third-order valence-electron chi connectivity index (χ3n) is 8.98. The van der Waals surface area contributed by atoms with Crippen molar-refractivity contribution in [2.75, 3.05) is 65.5 Å². The summed E-state index contributed by atoms with van der Waals surface area (Å²) in [4.78, 5) is 22.6. The lowest BCUT2D eigenvalue weighted by Crippen LogP contribution is -3.00. The highest BCUT2D eigenvalue weighted by Crippen LogP contribution is 2.51. The number of hydrogen-bond acceptors (Lipinski definition) is 10. The van der Waals surface area contributed by atoms with E-state index in [-0.39, 0.29) is 39.3 Å². The molecule has 1 unspecified atom stereocenters. The Morgan fingerprint density at radius 3 is 2.15 bits per heavy atom. The van der Waals surface area contributed by atoms with Crippen molar-refractivity contribution >= 4 is 49.2 Å². The standard InChI is InChI=1S/C27H31FN7O6PS2.CHF3O3S.HI/c28-24-17-20(2-3-21(24)19-29)27(42(36,37)38)32-44(39,40)26-18-22-16-23(4-5-25(22)43-26)41-15-14-35-11-8-34(9-12-35,10-13-35)7-1-6-31-33-30;2-1(3,4)8(5,6)7;/h2-5,16-18,27,32H,1,6-15H2;(H,5,6,7);1H. The van der Waals surface area contributed by atoms with Gasteiger partial charge < -0.3 is 52.0 Å². The van der Waals surface area contributed by atoms with E-state index in [4.69, 9.17) is 28.5 Å². The van der Waals surface area contributed by atoms with Gasteiger partial charge in [0.25, 0.3) is 10.0 Å². The van der Waals surface area contributed by atoms with Gasteiger partial charge in [0.15, 0.2) is 10.1 Å². The molecule has 2 aromatic carbocycles. The van der Waals surface area contributed by atoms with Gasteiger partial charge in [0.1, 0.15) is 80.0 Å². The normalized spacial score (nSPS) is 20.6. The summed E-state index contributed by atoms with van der Waals surface area (Å²) in [5.74, 6) is -2.48. The van der Waals surface area contributed by atoms with E-state index in [1.807, 2.05) is 4.72 Å². The largest absolute Gasteiger partial charge is 1.00 e. The molecular formula is C28H33F4IN7O9PS3. The summed E-state index contributed by atoms with van der Waals surface area (Å²) in [6.45, 7) is 9.48. The monoisotopic (exact) mass is 941 g/mol. The lowest BCUT2D eigenvalue weighted by molar-refractivity contribution is -1.08. The second-order valence-electron chi connectivity index (χ2n) is 12.3. The van der Waals surface area contributed by atoms with Gasteiger partial charge >= 0.3 is 13.1 Å². The van der Waals surface area contributed by atoms with E-state index in [2.05, 4.69) is 10.0 Å². The summed E-state index contributed by atoms with van der Waals surface area (Å²) in [5, 5.41) is 13.2. The number of rotatable bonds is 13. The maximum atomic E-state index is 14.2. The van der Waals surface area contributed by atoms with Gasteiger partial charge in [0, 0.05) is 22.6 Å². The van der Waals surface area contributed by atoms with Crippen LogP contribution in [0.15, 0.2) is 51.8 Å².